The summed E-state index contributed by atoms with van der Waals surface area (Å²) < 4.78 is 11.9. The van der Waals surface area contributed by atoms with Crippen LogP contribution in [0.15, 0.2) is 45.7 Å². The van der Waals surface area contributed by atoms with Gasteiger partial charge in [-0.3, -0.25) is 4.79 Å². The molecule has 0 atom stereocenters. The Hall–Kier alpha value is -2.66. The summed E-state index contributed by atoms with van der Waals surface area (Å²) in [6.07, 6.45) is 8.07. The SMILES string of the molecule is COc1c(/C(C)=C/C(=O)Nc2ccc(SC)cc2)cc2c3c(oc2c1C)CCCC3. The second kappa shape index (κ2) is 8.60. The van der Waals surface area contributed by atoms with Crippen LogP contribution in [-0.2, 0) is 17.6 Å². The maximum absolute atomic E-state index is 12.6. The molecule has 1 heterocycles. The Bertz CT molecular complexity index is 1130. The van der Waals surface area contributed by atoms with Gasteiger partial charge in [0.25, 0.3) is 0 Å². The second-order valence-electron chi connectivity index (χ2n) is 7.72. The zero-order valence-corrected chi connectivity index (χ0v) is 18.7. The van der Waals surface area contributed by atoms with Crippen molar-refractivity contribution in [3.63, 3.8) is 0 Å². The third kappa shape index (κ3) is 3.86. The van der Waals surface area contributed by atoms with Crippen molar-refractivity contribution in [1.82, 2.24) is 0 Å². The van der Waals surface area contributed by atoms with E-state index in [-0.39, 0.29) is 5.91 Å². The zero-order chi connectivity index (χ0) is 21.3. The first-order chi connectivity index (χ1) is 14.5. The van der Waals surface area contributed by atoms with Crippen LogP contribution in [0, 0.1) is 6.92 Å². The summed E-state index contributed by atoms with van der Waals surface area (Å²) in [5.74, 6) is 1.71. The van der Waals surface area contributed by atoms with Gasteiger partial charge in [0.05, 0.1) is 7.11 Å². The second-order valence-corrected chi connectivity index (χ2v) is 8.59. The zero-order valence-electron chi connectivity index (χ0n) is 17.9. The van der Waals surface area contributed by atoms with Crippen LogP contribution in [0.3, 0.4) is 0 Å². The number of nitrogens with one attached hydrogen (secondary N) is 1. The molecule has 4 nitrogen and oxygen atoms in total. The van der Waals surface area contributed by atoms with Crippen LogP contribution >= 0.6 is 11.8 Å². The molecule has 1 aliphatic rings. The van der Waals surface area contributed by atoms with Crippen molar-refractivity contribution in [1.29, 1.82) is 0 Å². The summed E-state index contributed by atoms with van der Waals surface area (Å²) in [6, 6.07) is 9.96. The summed E-state index contributed by atoms with van der Waals surface area (Å²) in [7, 11) is 1.67. The smallest absolute Gasteiger partial charge is 0.248 e. The molecule has 5 heteroatoms. The first-order valence-electron chi connectivity index (χ1n) is 10.3. The molecule has 2 aromatic carbocycles. The Balaban J connectivity index is 1.68. The molecule has 0 aliphatic heterocycles. The van der Waals surface area contributed by atoms with E-state index in [1.807, 2.05) is 44.4 Å². The number of rotatable bonds is 5. The number of aryl methyl sites for hydroxylation is 3. The number of anilines is 1. The van der Waals surface area contributed by atoms with E-state index >= 15 is 0 Å². The Morgan fingerprint density at radius 1 is 1.20 bits per heavy atom. The molecule has 156 valence electrons. The van der Waals surface area contributed by atoms with Gasteiger partial charge >= 0.3 is 0 Å². The van der Waals surface area contributed by atoms with Crippen LogP contribution in [0.2, 0.25) is 0 Å². The van der Waals surface area contributed by atoms with Gasteiger partial charge in [0.2, 0.25) is 5.91 Å². The predicted octanol–water partition coefficient (Wildman–Crippen LogP) is 6.39. The first kappa shape index (κ1) is 20.6. The number of amides is 1. The number of carbonyl (C=O) groups is 1. The summed E-state index contributed by atoms with van der Waals surface area (Å²) in [5.41, 5.74) is 5.79. The van der Waals surface area contributed by atoms with Gasteiger partial charge in [-0.2, -0.15) is 0 Å². The van der Waals surface area contributed by atoms with Crippen molar-refractivity contribution < 1.29 is 13.9 Å². The number of thioether (sulfide) groups is 1. The van der Waals surface area contributed by atoms with E-state index in [2.05, 4.69) is 11.4 Å². The third-order valence-electron chi connectivity index (χ3n) is 5.76. The minimum Gasteiger partial charge on any atom is -0.496 e. The van der Waals surface area contributed by atoms with E-state index < -0.39 is 0 Å². The number of methoxy groups -OCH3 is 1. The van der Waals surface area contributed by atoms with E-state index in [9.17, 15) is 4.79 Å². The number of hydrogen-bond donors (Lipinski definition) is 1. The van der Waals surface area contributed by atoms with Crippen LogP contribution in [0.4, 0.5) is 5.69 Å². The number of furan rings is 1. The fourth-order valence-corrected chi connectivity index (χ4v) is 4.63. The van der Waals surface area contributed by atoms with E-state index in [1.54, 1.807) is 24.9 Å². The molecule has 3 aromatic rings. The fraction of sp³-hybridized carbons (Fsp3) is 0.320. The molecule has 0 saturated carbocycles. The normalized spacial score (nSPS) is 13.9. The molecule has 4 rings (SSSR count). The van der Waals surface area contributed by atoms with Gasteiger partial charge in [0.15, 0.2) is 0 Å². The molecule has 1 amide bonds. The quantitative estimate of drug-likeness (QED) is 0.383. The van der Waals surface area contributed by atoms with Crippen molar-refractivity contribution in [2.45, 2.75) is 44.4 Å². The van der Waals surface area contributed by atoms with E-state index in [0.29, 0.717) is 0 Å². The highest BCUT2D eigenvalue weighted by Gasteiger charge is 2.23. The molecule has 1 aliphatic carbocycles. The molecule has 0 fully saturated rings. The van der Waals surface area contributed by atoms with Crippen LogP contribution in [0.5, 0.6) is 5.75 Å². The molecule has 30 heavy (non-hydrogen) atoms. The van der Waals surface area contributed by atoms with Crippen LogP contribution < -0.4 is 10.1 Å². The first-order valence-corrected chi connectivity index (χ1v) is 11.5. The number of allylic oxidation sites excluding steroid dienone is 1. The van der Waals surface area contributed by atoms with Crippen molar-refractivity contribution in [3.05, 3.63) is 58.9 Å². The Kier molecular flexibility index (Phi) is 5.91. The Labute approximate surface area is 181 Å². The molecule has 0 spiro atoms. The number of ether oxygens (including phenoxy) is 1. The van der Waals surface area contributed by atoms with Gasteiger partial charge < -0.3 is 14.5 Å². The summed E-state index contributed by atoms with van der Waals surface area (Å²) >= 11 is 1.67. The van der Waals surface area contributed by atoms with Gasteiger partial charge in [-0.05, 0) is 75.3 Å². The lowest BCUT2D eigenvalue weighted by Gasteiger charge is -2.13. The summed E-state index contributed by atoms with van der Waals surface area (Å²) in [5, 5.41) is 4.10. The fourth-order valence-electron chi connectivity index (χ4n) is 4.22. The highest BCUT2D eigenvalue weighted by atomic mass is 32.2. The van der Waals surface area contributed by atoms with Gasteiger partial charge in [0.1, 0.15) is 17.1 Å². The number of hydrogen-bond acceptors (Lipinski definition) is 4. The lowest BCUT2D eigenvalue weighted by molar-refractivity contribution is -0.111. The average Bonchev–Trinajstić information content (AvgIpc) is 3.13. The lowest BCUT2D eigenvalue weighted by atomic mass is 9.93. The molecule has 0 unspecified atom stereocenters. The number of benzene rings is 2. The standard InChI is InChI=1S/C25H27NO3S/c1-15(13-23(27)26-17-9-11-18(30-4)12-10-17)20-14-21-19-7-5-6-8-22(19)29-25(21)16(2)24(20)28-3/h9-14H,5-8H2,1-4H3,(H,26,27)/b15-13+. The third-order valence-corrected chi connectivity index (χ3v) is 6.50. The molecule has 0 radical (unpaired) electrons. The van der Waals surface area contributed by atoms with Gasteiger partial charge in [-0.15, -0.1) is 11.8 Å². The van der Waals surface area contributed by atoms with Gasteiger partial charge in [0, 0.05) is 45.2 Å². The molecule has 0 saturated heterocycles. The highest BCUT2D eigenvalue weighted by molar-refractivity contribution is 7.98. The van der Waals surface area contributed by atoms with E-state index in [0.717, 1.165) is 62.6 Å². The number of carbonyl (C=O) groups excluding carboxylic acids is 1. The molecule has 1 N–H and O–H groups in total. The minimum absolute atomic E-state index is 0.154. The monoisotopic (exact) mass is 421 g/mol. The van der Waals surface area contributed by atoms with Crippen molar-refractivity contribution in [2.75, 3.05) is 18.7 Å². The van der Waals surface area contributed by atoms with Crippen LogP contribution in [0.1, 0.15) is 42.2 Å². The molecule has 1 aromatic heterocycles. The van der Waals surface area contributed by atoms with Gasteiger partial charge in [-0.1, -0.05) is 0 Å². The van der Waals surface area contributed by atoms with E-state index in [4.69, 9.17) is 9.15 Å². The Morgan fingerprint density at radius 2 is 1.93 bits per heavy atom. The average molecular weight is 422 g/mol. The predicted molar refractivity (Wildman–Crippen MR) is 125 cm³/mol. The lowest BCUT2D eigenvalue weighted by Crippen LogP contribution is -2.08. The largest absolute Gasteiger partial charge is 0.496 e. The molecule has 0 bridgehead atoms. The highest BCUT2D eigenvalue weighted by Crippen LogP contribution is 2.41. The molecular formula is C25H27NO3S. The van der Waals surface area contributed by atoms with Gasteiger partial charge in [-0.25, -0.2) is 0 Å². The number of fused-ring (bicyclic) bond motifs is 3. The van der Waals surface area contributed by atoms with Crippen molar-refractivity contribution in [2.24, 2.45) is 0 Å². The minimum atomic E-state index is -0.154. The maximum Gasteiger partial charge on any atom is 0.248 e. The Morgan fingerprint density at radius 3 is 2.63 bits per heavy atom. The topological polar surface area (TPSA) is 51.5 Å². The van der Waals surface area contributed by atoms with Crippen LogP contribution in [0.25, 0.3) is 16.5 Å². The maximum atomic E-state index is 12.6. The van der Waals surface area contributed by atoms with Crippen molar-refractivity contribution >= 4 is 39.9 Å². The summed E-state index contributed by atoms with van der Waals surface area (Å²) in [4.78, 5) is 13.8. The summed E-state index contributed by atoms with van der Waals surface area (Å²) in [6.45, 7) is 3.98. The van der Waals surface area contributed by atoms with Crippen LogP contribution in [-0.4, -0.2) is 19.3 Å². The van der Waals surface area contributed by atoms with E-state index in [1.165, 1.54) is 18.4 Å². The molecular weight excluding hydrogens is 394 g/mol. The van der Waals surface area contributed by atoms with Crippen molar-refractivity contribution in [3.8, 4) is 5.75 Å².